The fraction of sp³-hybridized carbons (Fsp3) is 0.500. The predicted octanol–water partition coefficient (Wildman–Crippen LogP) is 3.38. The molecular formula is C14H18ClNO2. The number of benzene rings is 1. The third kappa shape index (κ3) is 3.47. The highest BCUT2D eigenvalue weighted by Gasteiger charge is 2.24. The minimum atomic E-state index is -0.388. The van der Waals surface area contributed by atoms with Crippen LogP contribution in [0.25, 0.3) is 0 Å². The molecule has 0 unspecified atom stereocenters. The van der Waals surface area contributed by atoms with E-state index in [1.807, 2.05) is 31.2 Å². The van der Waals surface area contributed by atoms with E-state index >= 15 is 0 Å². The molecule has 98 valence electrons. The third-order valence-corrected chi connectivity index (χ3v) is 3.51. The average molecular weight is 268 g/mol. The van der Waals surface area contributed by atoms with Crippen LogP contribution in [0.15, 0.2) is 29.4 Å². The van der Waals surface area contributed by atoms with Crippen LogP contribution >= 0.6 is 11.6 Å². The van der Waals surface area contributed by atoms with Crippen molar-refractivity contribution in [2.24, 2.45) is 5.16 Å². The highest BCUT2D eigenvalue weighted by molar-refractivity contribution is 6.30. The first-order valence-corrected chi connectivity index (χ1v) is 6.69. The molecular weight excluding hydrogens is 250 g/mol. The van der Waals surface area contributed by atoms with Gasteiger partial charge in [0.1, 0.15) is 0 Å². The molecule has 2 rings (SSSR count). The molecule has 2 atom stereocenters. The van der Waals surface area contributed by atoms with Crippen molar-refractivity contribution >= 4 is 17.3 Å². The molecule has 0 radical (unpaired) electrons. The number of halogens is 1. The Morgan fingerprint density at radius 1 is 1.28 bits per heavy atom. The van der Waals surface area contributed by atoms with E-state index in [-0.39, 0.29) is 12.2 Å². The van der Waals surface area contributed by atoms with Gasteiger partial charge >= 0.3 is 0 Å². The second-order valence-corrected chi connectivity index (χ2v) is 5.12. The number of aliphatic hydroxyl groups excluding tert-OH is 1. The molecule has 0 aromatic heterocycles. The number of rotatable bonds is 3. The molecule has 1 aliphatic rings. The van der Waals surface area contributed by atoms with E-state index in [4.69, 9.17) is 16.4 Å². The number of nitrogens with zero attached hydrogens (tertiary/aromatic N) is 1. The summed E-state index contributed by atoms with van der Waals surface area (Å²) in [5, 5.41) is 14.6. The van der Waals surface area contributed by atoms with Gasteiger partial charge in [-0.05, 0) is 43.9 Å². The second-order valence-electron chi connectivity index (χ2n) is 4.68. The summed E-state index contributed by atoms with van der Waals surface area (Å²) in [5.74, 6) is 0. The zero-order valence-electron chi connectivity index (χ0n) is 10.5. The molecule has 0 saturated heterocycles. The average Bonchev–Trinajstić information content (AvgIpc) is 2.38. The number of aliphatic hydroxyl groups is 1. The molecule has 0 aliphatic heterocycles. The molecule has 0 heterocycles. The van der Waals surface area contributed by atoms with Gasteiger partial charge in [-0.15, -0.1) is 0 Å². The molecule has 0 spiro atoms. The SMILES string of the molecule is C/C(=N\O[C@H]1CCCC[C@@H]1O)c1ccc(Cl)cc1. The summed E-state index contributed by atoms with van der Waals surface area (Å²) in [6.45, 7) is 1.89. The Kier molecular flexibility index (Phi) is 4.61. The smallest absolute Gasteiger partial charge is 0.153 e. The molecule has 18 heavy (non-hydrogen) atoms. The molecule has 1 N–H and O–H groups in total. The topological polar surface area (TPSA) is 41.8 Å². The van der Waals surface area contributed by atoms with E-state index in [9.17, 15) is 5.11 Å². The maximum absolute atomic E-state index is 9.78. The standard InChI is InChI=1S/C14H18ClNO2/c1-10(11-6-8-12(15)9-7-11)16-18-14-5-3-2-4-13(14)17/h6-9,13-14,17H,2-5H2,1H3/b16-10+/t13-,14-/m0/s1. The maximum Gasteiger partial charge on any atom is 0.153 e. The fourth-order valence-corrected chi connectivity index (χ4v) is 2.22. The summed E-state index contributed by atoms with van der Waals surface area (Å²) in [7, 11) is 0. The quantitative estimate of drug-likeness (QED) is 0.674. The van der Waals surface area contributed by atoms with Gasteiger partial charge in [0.15, 0.2) is 6.10 Å². The van der Waals surface area contributed by atoms with Crippen molar-refractivity contribution in [1.29, 1.82) is 0 Å². The van der Waals surface area contributed by atoms with Crippen molar-refractivity contribution in [3.05, 3.63) is 34.9 Å². The highest BCUT2D eigenvalue weighted by atomic mass is 35.5. The Labute approximate surface area is 112 Å². The Bertz CT molecular complexity index is 416. The second kappa shape index (κ2) is 6.21. The van der Waals surface area contributed by atoms with Gasteiger partial charge in [0.25, 0.3) is 0 Å². The lowest BCUT2D eigenvalue weighted by Crippen LogP contribution is -2.31. The van der Waals surface area contributed by atoms with Crippen LogP contribution in [0.3, 0.4) is 0 Å². The van der Waals surface area contributed by atoms with Crippen molar-refractivity contribution in [2.75, 3.05) is 0 Å². The van der Waals surface area contributed by atoms with Gasteiger partial charge in [0, 0.05) is 5.02 Å². The number of oxime groups is 1. The zero-order chi connectivity index (χ0) is 13.0. The van der Waals surface area contributed by atoms with Crippen molar-refractivity contribution < 1.29 is 9.94 Å². The van der Waals surface area contributed by atoms with Crippen molar-refractivity contribution in [3.63, 3.8) is 0 Å². The van der Waals surface area contributed by atoms with Crippen LogP contribution in [-0.2, 0) is 4.84 Å². The van der Waals surface area contributed by atoms with Crippen LogP contribution in [0.5, 0.6) is 0 Å². The third-order valence-electron chi connectivity index (χ3n) is 3.25. The van der Waals surface area contributed by atoms with Gasteiger partial charge in [-0.3, -0.25) is 0 Å². The zero-order valence-corrected chi connectivity index (χ0v) is 11.2. The van der Waals surface area contributed by atoms with E-state index in [1.165, 1.54) is 0 Å². The van der Waals surface area contributed by atoms with Gasteiger partial charge in [-0.2, -0.15) is 0 Å². The predicted molar refractivity (Wildman–Crippen MR) is 73.0 cm³/mol. The summed E-state index contributed by atoms with van der Waals surface area (Å²) in [5.41, 5.74) is 1.77. The van der Waals surface area contributed by atoms with E-state index < -0.39 is 0 Å². The van der Waals surface area contributed by atoms with Gasteiger partial charge in [0.2, 0.25) is 0 Å². The molecule has 0 bridgehead atoms. The van der Waals surface area contributed by atoms with Crippen LogP contribution in [-0.4, -0.2) is 23.0 Å². The Morgan fingerprint density at radius 3 is 2.61 bits per heavy atom. The minimum Gasteiger partial charge on any atom is -0.389 e. The Hall–Kier alpha value is -1.06. The lowest BCUT2D eigenvalue weighted by molar-refractivity contribution is -0.0570. The summed E-state index contributed by atoms with van der Waals surface area (Å²) in [4.78, 5) is 5.45. The normalized spacial score (nSPS) is 24.9. The fourth-order valence-electron chi connectivity index (χ4n) is 2.09. The van der Waals surface area contributed by atoms with E-state index in [1.54, 1.807) is 0 Å². The summed E-state index contributed by atoms with van der Waals surface area (Å²) in [6, 6.07) is 7.46. The Morgan fingerprint density at radius 2 is 1.94 bits per heavy atom. The highest BCUT2D eigenvalue weighted by Crippen LogP contribution is 2.21. The van der Waals surface area contributed by atoms with E-state index in [0.717, 1.165) is 37.0 Å². The molecule has 1 fully saturated rings. The first-order chi connectivity index (χ1) is 8.66. The lowest BCUT2D eigenvalue weighted by atomic mass is 9.95. The van der Waals surface area contributed by atoms with Gasteiger partial charge in [-0.25, -0.2) is 0 Å². The van der Waals surface area contributed by atoms with Crippen molar-refractivity contribution in [2.45, 2.75) is 44.8 Å². The molecule has 1 aliphatic carbocycles. The number of hydrogen-bond acceptors (Lipinski definition) is 3. The first-order valence-electron chi connectivity index (χ1n) is 6.31. The molecule has 3 nitrogen and oxygen atoms in total. The monoisotopic (exact) mass is 267 g/mol. The van der Waals surface area contributed by atoms with Crippen LogP contribution < -0.4 is 0 Å². The van der Waals surface area contributed by atoms with Crippen LogP contribution in [0, 0.1) is 0 Å². The largest absolute Gasteiger partial charge is 0.389 e. The van der Waals surface area contributed by atoms with E-state index in [0.29, 0.717) is 5.02 Å². The molecule has 0 amide bonds. The van der Waals surface area contributed by atoms with E-state index in [2.05, 4.69) is 5.16 Å². The molecule has 1 aromatic carbocycles. The van der Waals surface area contributed by atoms with Crippen LogP contribution in [0.4, 0.5) is 0 Å². The first kappa shape index (κ1) is 13.4. The summed E-state index contributed by atoms with van der Waals surface area (Å²) < 4.78 is 0. The minimum absolute atomic E-state index is 0.166. The van der Waals surface area contributed by atoms with Gasteiger partial charge < -0.3 is 9.94 Å². The van der Waals surface area contributed by atoms with Crippen molar-refractivity contribution in [1.82, 2.24) is 0 Å². The maximum atomic E-state index is 9.78. The molecule has 4 heteroatoms. The van der Waals surface area contributed by atoms with Crippen molar-refractivity contribution in [3.8, 4) is 0 Å². The summed E-state index contributed by atoms with van der Waals surface area (Å²) in [6.07, 6.45) is 3.29. The summed E-state index contributed by atoms with van der Waals surface area (Å²) >= 11 is 5.83. The molecule has 1 saturated carbocycles. The van der Waals surface area contributed by atoms with Gasteiger partial charge in [-0.1, -0.05) is 35.3 Å². The van der Waals surface area contributed by atoms with Crippen LogP contribution in [0.2, 0.25) is 5.02 Å². The van der Waals surface area contributed by atoms with Crippen LogP contribution in [0.1, 0.15) is 38.2 Å². The number of hydrogen-bond donors (Lipinski definition) is 1. The van der Waals surface area contributed by atoms with Gasteiger partial charge in [0.05, 0.1) is 11.8 Å². The Balaban J connectivity index is 1.97. The molecule has 1 aromatic rings. The lowest BCUT2D eigenvalue weighted by Gasteiger charge is -2.25.